The maximum absolute atomic E-state index is 12.3. The average Bonchev–Trinajstić information content (AvgIpc) is 3.27. The van der Waals surface area contributed by atoms with Crippen molar-refractivity contribution in [1.82, 2.24) is 9.55 Å². The van der Waals surface area contributed by atoms with Crippen molar-refractivity contribution in [1.29, 1.82) is 0 Å². The van der Waals surface area contributed by atoms with Crippen LogP contribution < -0.4 is 11.2 Å². The maximum Gasteiger partial charge on any atom is 0.332 e. The molecule has 0 atom stereocenters. The van der Waals surface area contributed by atoms with E-state index in [9.17, 15) is 9.59 Å². The lowest BCUT2D eigenvalue weighted by molar-refractivity contribution is 0.891. The molecule has 2 aromatic rings. The first-order chi connectivity index (χ1) is 11.7. The molecule has 4 rings (SSSR count). The topological polar surface area (TPSA) is 54.9 Å². The van der Waals surface area contributed by atoms with E-state index in [4.69, 9.17) is 0 Å². The summed E-state index contributed by atoms with van der Waals surface area (Å²) in [6.45, 7) is 0. The van der Waals surface area contributed by atoms with E-state index >= 15 is 0 Å². The second-order valence-corrected chi connectivity index (χ2v) is 9.07. The Balaban J connectivity index is 1.73. The lowest BCUT2D eigenvalue weighted by Gasteiger charge is -2.08. The average molecular weight is 391 g/mol. The van der Waals surface area contributed by atoms with Crippen LogP contribution in [0.2, 0.25) is 0 Å². The SMILES string of the molecule is O=c1[nH]c(=O)n(-c2ccccc2)cc1C1=CSC(=C2SC=CS2)S1. The molecule has 0 saturated carbocycles. The molecule has 8 heteroatoms. The third kappa shape index (κ3) is 3.06. The van der Waals surface area contributed by atoms with Gasteiger partial charge in [0.15, 0.2) is 0 Å². The highest BCUT2D eigenvalue weighted by Crippen LogP contribution is 2.55. The van der Waals surface area contributed by atoms with Crippen molar-refractivity contribution in [3.63, 3.8) is 0 Å². The lowest BCUT2D eigenvalue weighted by atomic mass is 10.3. The normalized spacial score (nSPS) is 16.8. The summed E-state index contributed by atoms with van der Waals surface area (Å²) in [4.78, 5) is 27.7. The summed E-state index contributed by atoms with van der Waals surface area (Å²) in [7, 11) is 0. The first-order valence-corrected chi connectivity index (χ1v) is 10.4. The molecule has 1 aromatic heterocycles. The van der Waals surface area contributed by atoms with Crippen LogP contribution in [-0.4, -0.2) is 9.55 Å². The lowest BCUT2D eigenvalue weighted by Crippen LogP contribution is -2.30. The van der Waals surface area contributed by atoms with Gasteiger partial charge in [0.05, 0.1) is 19.7 Å². The Morgan fingerprint density at radius 1 is 0.917 bits per heavy atom. The van der Waals surface area contributed by atoms with Crippen molar-refractivity contribution in [2.75, 3.05) is 0 Å². The number of nitrogens with one attached hydrogen (secondary N) is 1. The summed E-state index contributed by atoms with van der Waals surface area (Å²) in [5, 5.41) is 6.07. The molecule has 3 heterocycles. The number of H-pyrrole nitrogens is 1. The summed E-state index contributed by atoms with van der Waals surface area (Å²) in [6.07, 6.45) is 1.62. The van der Waals surface area contributed by atoms with Gasteiger partial charge in [-0.15, -0.1) is 0 Å². The van der Waals surface area contributed by atoms with Gasteiger partial charge in [0.1, 0.15) is 0 Å². The Morgan fingerprint density at radius 3 is 2.42 bits per heavy atom. The zero-order chi connectivity index (χ0) is 16.5. The number of aromatic nitrogens is 2. The number of rotatable bonds is 2. The van der Waals surface area contributed by atoms with E-state index in [2.05, 4.69) is 15.8 Å². The molecule has 120 valence electrons. The van der Waals surface area contributed by atoms with Gasteiger partial charge in [0.25, 0.3) is 5.56 Å². The van der Waals surface area contributed by atoms with Crippen molar-refractivity contribution < 1.29 is 0 Å². The van der Waals surface area contributed by atoms with Crippen LogP contribution in [0.15, 0.2) is 70.8 Å². The third-order valence-electron chi connectivity index (χ3n) is 3.29. The van der Waals surface area contributed by atoms with E-state index in [1.807, 2.05) is 35.7 Å². The molecule has 0 spiro atoms. The van der Waals surface area contributed by atoms with Gasteiger partial charge < -0.3 is 0 Å². The molecule has 4 nitrogen and oxygen atoms in total. The molecule has 0 aliphatic carbocycles. The van der Waals surface area contributed by atoms with Gasteiger partial charge in [-0.25, -0.2) is 4.79 Å². The van der Waals surface area contributed by atoms with Crippen LogP contribution in [0.4, 0.5) is 0 Å². The van der Waals surface area contributed by atoms with Crippen molar-refractivity contribution in [3.8, 4) is 5.69 Å². The van der Waals surface area contributed by atoms with Gasteiger partial charge >= 0.3 is 5.69 Å². The molecule has 1 N–H and O–H groups in total. The molecule has 24 heavy (non-hydrogen) atoms. The van der Waals surface area contributed by atoms with E-state index < -0.39 is 5.69 Å². The molecule has 0 unspecified atom stereocenters. The monoisotopic (exact) mass is 390 g/mol. The van der Waals surface area contributed by atoms with Crippen LogP contribution in [-0.2, 0) is 0 Å². The Hall–Kier alpha value is -1.48. The Kier molecular flexibility index (Phi) is 4.53. The number of hydrogen-bond donors (Lipinski definition) is 1. The highest BCUT2D eigenvalue weighted by molar-refractivity contribution is 8.35. The number of thioether (sulfide) groups is 4. The summed E-state index contributed by atoms with van der Waals surface area (Å²) < 4.78 is 3.86. The first kappa shape index (κ1) is 16.0. The van der Waals surface area contributed by atoms with Gasteiger partial charge in [-0.2, -0.15) is 0 Å². The quantitative estimate of drug-likeness (QED) is 0.821. The van der Waals surface area contributed by atoms with Crippen LogP contribution in [0.5, 0.6) is 0 Å². The Bertz CT molecular complexity index is 993. The maximum atomic E-state index is 12.3. The number of benzene rings is 1. The summed E-state index contributed by atoms with van der Waals surface area (Å²) in [6, 6.07) is 9.27. The fraction of sp³-hybridized carbons (Fsp3) is 0. The number of aromatic amines is 1. The van der Waals surface area contributed by atoms with E-state index in [1.54, 1.807) is 53.2 Å². The Morgan fingerprint density at radius 2 is 1.67 bits per heavy atom. The molecule has 0 saturated heterocycles. The van der Waals surface area contributed by atoms with Crippen LogP contribution in [0, 0.1) is 0 Å². The van der Waals surface area contributed by atoms with Crippen molar-refractivity contribution in [3.05, 3.63) is 87.6 Å². The number of hydrogen-bond acceptors (Lipinski definition) is 6. The summed E-state index contributed by atoms with van der Waals surface area (Å²) >= 11 is 6.57. The summed E-state index contributed by atoms with van der Waals surface area (Å²) in [5.41, 5.74) is 0.437. The molecule has 0 amide bonds. The van der Waals surface area contributed by atoms with Crippen LogP contribution >= 0.6 is 47.0 Å². The van der Waals surface area contributed by atoms with Crippen LogP contribution in [0.3, 0.4) is 0 Å². The van der Waals surface area contributed by atoms with Crippen molar-refractivity contribution in [2.45, 2.75) is 0 Å². The highest BCUT2D eigenvalue weighted by atomic mass is 32.2. The Labute approximate surface area is 154 Å². The highest BCUT2D eigenvalue weighted by Gasteiger charge is 2.22. The largest absolute Gasteiger partial charge is 0.332 e. The second kappa shape index (κ2) is 6.79. The van der Waals surface area contributed by atoms with Crippen LogP contribution in [0.25, 0.3) is 10.6 Å². The van der Waals surface area contributed by atoms with E-state index in [0.29, 0.717) is 5.56 Å². The predicted molar refractivity (Wildman–Crippen MR) is 107 cm³/mol. The van der Waals surface area contributed by atoms with Gasteiger partial charge in [-0.1, -0.05) is 65.2 Å². The van der Waals surface area contributed by atoms with Gasteiger partial charge in [0.2, 0.25) is 0 Å². The molecule has 0 fully saturated rings. The minimum Gasteiger partial charge on any atom is -0.273 e. The van der Waals surface area contributed by atoms with Gasteiger partial charge in [-0.05, 0) is 28.4 Å². The van der Waals surface area contributed by atoms with E-state index in [0.717, 1.165) is 10.6 Å². The molecule has 0 bridgehead atoms. The predicted octanol–water partition coefficient (Wildman–Crippen LogP) is 4.38. The minimum atomic E-state index is -0.434. The molecule has 0 radical (unpaired) electrons. The standard InChI is InChI=1S/C16H10N2O2S4/c19-13-11(12-9-23-15(24-12)14-21-6-7-22-14)8-18(16(20)17-13)10-4-2-1-3-5-10/h1-9H,(H,17,19,20). The third-order valence-corrected chi connectivity index (χ3v) is 8.34. The molecule has 1 aromatic carbocycles. The fourth-order valence-corrected chi connectivity index (χ4v) is 6.67. The first-order valence-electron chi connectivity index (χ1n) is 6.91. The zero-order valence-electron chi connectivity index (χ0n) is 12.1. The molecule has 2 aliphatic heterocycles. The zero-order valence-corrected chi connectivity index (χ0v) is 15.4. The summed E-state index contributed by atoms with van der Waals surface area (Å²) in [5.74, 6) is 0. The van der Waals surface area contributed by atoms with Gasteiger partial charge in [-0.3, -0.25) is 14.3 Å². The van der Waals surface area contributed by atoms with Crippen LogP contribution in [0.1, 0.15) is 5.56 Å². The second-order valence-electron chi connectivity index (χ2n) is 4.79. The van der Waals surface area contributed by atoms with E-state index in [-0.39, 0.29) is 5.56 Å². The number of para-hydroxylation sites is 1. The van der Waals surface area contributed by atoms with Gasteiger partial charge in [0, 0.05) is 11.1 Å². The number of nitrogens with zero attached hydrogens (tertiary/aromatic N) is 1. The minimum absolute atomic E-state index is 0.359. The van der Waals surface area contributed by atoms with Crippen molar-refractivity contribution in [2.24, 2.45) is 0 Å². The smallest absolute Gasteiger partial charge is 0.273 e. The van der Waals surface area contributed by atoms with Crippen molar-refractivity contribution >= 4 is 52.0 Å². The molecular formula is C16H10N2O2S4. The molecule has 2 aliphatic rings. The van der Waals surface area contributed by atoms with E-state index in [1.165, 1.54) is 13.0 Å². The molecular weight excluding hydrogens is 380 g/mol. The fourth-order valence-electron chi connectivity index (χ4n) is 2.19.